The number of ether oxygens (including phenoxy) is 3. The highest BCUT2D eigenvalue weighted by atomic mass is 35.5. The van der Waals surface area contributed by atoms with Crippen LogP contribution in [0.5, 0.6) is 17.4 Å². The van der Waals surface area contributed by atoms with E-state index in [4.69, 9.17) is 25.8 Å². The van der Waals surface area contributed by atoms with E-state index in [0.29, 0.717) is 39.6 Å². The Morgan fingerprint density at radius 3 is 2.61 bits per heavy atom. The lowest BCUT2D eigenvalue weighted by Gasteiger charge is -2.28. The minimum atomic E-state index is -0.492. The van der Waals surface area contributed by atoms with E-state index in [9.17, 15) is 4.79 Å². The van der Waals surface area contributed by atoms with E-state index >= 15 is 0 Å². The first-order valence-electron chi connectivity index (χ1n) is 10.2. The maximum Gasteiger partial charge on any atom is 0.258 e. The van der Waals surface area contributed by atoms with Crippen LogP contribution in [-0.2, 0) is 4.79 Å². The van der Waals surface area contributed by atoms with Gasteiger partial charge in [-0.1, -0.05) is 29.8 Å². The molecule has 5 rings (SSSR count). The van der Waals surface area contributed by atoms with Crippen LogP contribution in [-0.4, -0.2) is 30.3 Å². The summed E-state index contributed by atoms with van der Waals surface area (Å²) < 4.78 is 17.0. The molecule has 0 saturated carbocycles. The average molecular weight is 465 g/mol. The van der Waals surface area contributed by atoms with Gasteiger partial charge in [-0.2, -0.15) is 0 Å². The molecule has 0 bridgehead atoms. The number of nitrogens with one attached hydrogen (secondary N) is 3. The standard InChI is InChI=1S/C24H21ClN4O4/c1-12-19-20(16-9-8-15(31-2)10-18(16)32-3)21-22(30)27-17(13-4-6-14(25)7-5-13)11-26-23(21)33-24(19)29-28-12/h4-11,20,26H,1-3H3,(H,27,30)(H,28,29). The Morgan fingerprint density at radius 1 is 1.09 bits per heavy atom. The molecule has 8 nitrogen and oxygen atoms in total. The van der Waals surface area contributed by atoms with Crippen LogP contribution in [0.1, 0.15) is 28.3 Å². The Labute approximate surface area is 195 Å². The summed E-state index contributed by atoms with van der Waals surface area (Å²) >= 11 is 6.02. The fourth-order valence-corrected chi connectivity index (χ4v) is 4.24. The minimum Gasteiger partial charge on any atom is -0.497 e. The van der Waals surface area contributed by atoms with Gasteiger partial charge < -0.3 is 24.8 Å². The second-order valence-corrected chi connectivity index (χ2v) is 8.05. The third kappa shape index (κ3) is 3.58. The molecule has 1 aromatic heterocycles. The Morgan fingerprint density at radius 2 is 1.88 bits per heavy atom. The first kappa shape index (κ1) is 21.0. The number of methoxy groups -OCH3 is 2. The van der Waals surface area contributed by atoms with E-state index in [1.807, 2.05) is 31.2 Å². The molecular formula is C24H21ClN4O4. The Balaban J connectivity index is 1.62. The lowest BCUT2D eigenvalue weighted by atomic mass is 9.82. The van der Waals surface area contributed by atoms with Gasteiger partial charge in [0.25, 0.3) is 5.91 Å². The second-order valence-electron chi connectivity index (χ2n) is 7.62. The fraction of sp³-hybridized carbons (Fsp3) is 0.167. The van der Waals surface area contributed by atoms with Crippen LogP contribution >= 0.6 is 11.6 Å². The van der Waals surface area contributed by atoms with Gasteiger partial charge in [0.1, 0.15) is 11.5 Å². The number of H-pyrrole nitrogens is 1. The van der Waals surface area contributed by atoms with Gasteiger partial charge >= 0.3 is 0 Å². The lowest BCUT2D eigenvalue weighted by Crippen LogP contribution is -2.31. The molecule has 3 aromatic rings. The van der Waals surface area contributed by atoms with Crippen LogP contribution in [0, 0.1) is 6.92 Å². The molecule has 1 amide bonds. The van der Waals surface area contributed by atoms with Crippen molar-refractivity contribution in [2.75, 3.05) is 14.2 Å². The smallest absolute Gasteiger partial charge is 0.258 e. The lowest BCUT2D eigenvalue weighted by molar-refractivity contribution is -0.116. The van der Waals surface area contributed by atoms with E-state index in [1.54, 1.807) is 38.6 Å². The van der Waals surface area contributed by atoms with Crippen molar-refractivity contribution < 1.29 is 19.0 Å². The maximum absolute atomic E-state index is 13.6. The van der Waals surface area contributed by atoms with Crippen LogP contribution < -0.4 is 24.8 Å². The summed E-state index contributed by atoms with van der Waals surface area (Å²) in [6, 6.07) is 12.7. The summed E-state index contributed by atoms with van der Waals surface area (Å²) in [6.45, 7) is 1.89. The van der Waals surface area contributed by atoms with Crippen molar-refractivity contribution >= 4 is 23.2 Å². The molecule has 9 heteroatoms. The predicted octanol–water partition coefficient (Wildman–Crippen LogP) is 3.84. The van der Waals surface area contributed by atoms with Crippen molar-refractivity contribution in [3.8, 4) is 17.4 Å². The van der Waals surface area contributed by atoms with E-state index in [0.717, 1.165) is 22.4 Å². The van der Waals surface area contributed by atoms with Crippen molar-refractivity contribution in [3.63, 3.8) is 0 Å². The first-order valence-corrected chi connectivity index (χ1v) is 10.6. The van der Waals surface area contributed by atoms with Gasteiger partial charge in [0.15, 0.2) is 0 Å². The third-order valence-corrected chi connectivity index (χ3v) is 5.98. The number of hydrogen-bond acceptors (Lipinski definition) is 6. The van der Waals surface area contributed by atoms with Crippen LogP contribution in [0.25, 0.3) is 5.70 Å². The second kappa shape index (κ2) is 8.22. The molecule has 0 radical (unpaired) electrons. The van der Waals surface area contributed by atoms with Gasteiger partial charge in [-0.25, -0.2) is 0 Å². The quantitative estimate of drug-likeness (QED) is 0.542. The van der Waals surface area contributed by atoms with Crippen molar-refractivity contribution in [2.45, 2.75) is 12.8 Å². The zero-order valence-corrected chi connectivity index (χ0v) is 18.9. The molecule has 2 aliphatic rings. The molecular weight excluding hydrogens is 444 g/mol. The molecule has 1 atom stereocenters. The van der Waals surface area contributed by atoms with Gasteiger partial charge in [0.2, 0.25) is 11.8 Å². The molecule has 0 spiro atoms. The number of aryl methyl sites for hydroxylation is 1. The zero-order valence-electron chi connectivity index (χ0n) is 18.2. The van der Waals surface area contributed by atoms with Gasteiger partial charge in [-0.05, 0) is 30.7 Å². The number of aromatic amines is 1. The molecule has 168 valence electrons. The Kier molecular flexibility index (Phi) is 5.22. The van der Waals surface area contributed by atoms with Crippen LogP contribution in [0.15, 0.2) is 60.1 Å². The topological polar surface area (TPSA) is 97.5 Å². The van der Waals surface area contributed by atoms with E-state index in [2.05, 4.69) is 20.8 Å². The third-order valence-electron chi connectivity index (χ3n) is 5.73. The largest absolute Gasteiger partial charge is 0.497 e. The van der Waals surface area contributed by atoms with Gasteiger partial charge in [0.05, 0.1) is 31.4 Å². The number of benzene rings is 2. The Hall–Kier alpha value is -3.91. The predicted molar refractivity (Wildman–Crippen MR) is 123 cm³/mol. The summed E-state index contributed by atoms with van der Waals surface area (Å²) in [5.74, 6) is 1.15. The molecule has 1 unspecified atom stereocenters. The molecule has 33 heavy (non-hydrogen) atoms. The number of carbonyl (C=O) groups excluding carboxylic acids is 1. The number of hydrogen-bond donors (Lipinski definition) is 3. The number of carbonyl (C=O) groups is 1. The van der Waals surface area contributed by atoms with Crippen LogP contribution in [0.3, 0.4) is 0 Å². The number of fused-ring (bicyclic) bond motifs is 1. The number of amides is 1. The van der Waals surface area contributed by atoms with Crippen LogP contribution in [0.4, 0.5) is 0 Å². The maximum atomic E-state index is 13.6. The molecule has 2 aliphatic heterocycles. The summed E-state index contributed by atoms with van der Waals surface area (Å²) in [5, 5.41) is 14.0. The van der Waals surface area contributed by atoms with Crippen molar-refractivity contribution in [2.24, 2.45) is 0 Å². The monoisotopic (exact) mass is 464 g/mol. The number of aromatic nitrogens is 2. The summed E-state index contributed by atoms with van der Waals surface area (Å²) in [4.78, 5) is 13.6. The number of nitrogens with zero attached hydrogens (tertiary/aromatic N) is 1. The first-order chi connectivity index (χ1) is 16.0. The molecule has 0 aliphatic carbocycles. The molecule has 0 saturated heterocycles. The van der Waals surface area contributed by atoms with Crippen molar-refractivity contribution in [3.05, 3.63) is 87.5 Å². The number of rotatable bonds is 4. The molecule has 0 fully saturated rings. The Bertz CT molecular complexity index is 1310. The fourth-order valence-electron chi connectivity index (χ4n) is 4.12. The normalized spacial score (nSPS) is 17.0. The molecule has 2 aromatic carbocycles. The molecule has 3 N–H and O–H groups in total. The molecule has 3 heterocycles. The van der Waals surface area contributed by atoms with Crippen molar-refractivity contribution in [1.82, 2.24) is 20.8 Å². The van der Waals surface area contributed by atoms with Gasteiger partial charge in [0, 0.05) is 34.1 Å². The van der Waals surface area contributed by atoms with Gasteiger partial charge in [-0.15, -0.1) is 5.10 Å². The van der Waals surface area contributed by atoms with Crippen LogP contribution in [0.2, 0.25) is 5.02 Å². The van der Waals surface area contributed by atoms with E-state index in [-0.39, 0.29) is 5.91 Å². The SMILES string of the molecule is COc1ccc(C2C3=C(NC=C(c4ccc(Cl)cc4)NC3=O)Oc3n[nH]c(C)c32)c(OC)c1. The highest BCUT2D eigenvalue weighted by molar-refractivity contribution is 6.30. The minimum absolute atomic E-state index is 0.301. The number of halogens is 1. The van der Waals surface area contributed by atoms with Gasteiger partial charge in [-0.3, -0.25) is 9.89 Å². The summed E-state index contributed by atoms with van der Waals surface area (Å²) in [7, 11) is 3.18. The summed E-state index contributed by atoms with van der Waals surface area (Å²) in [6.07, 6.45) is 1.69. The zero-order chi connectivity index (χ0) is 23.1. The average Bonchev–Trinajstić information content (AvgIpc) is 3.11. The summed E-state index contributed by atoms with van der Waals surface area (Å²) in [5.41, 5.74) is 4.15. The van der Waals surface area contributed by atoms with E-state index in [1.165, 1.54) is 0 Å². The highest BCUT2D eigenvalue weighted by Crippen LogP contribution is 2.47. The van der Waals surface area contributed by atoms with Crippen molar-refractivity contribution in [1.29, 1.82) is 0 Å². The van der Waals surface area contributed by atoms with E-state index < -0.39 is 5.92 Å². The highest BCUT2D eigenvalue weighted by Gasteiger charge is 2.40.